The Balaban J connectivity index is 0.000000111. The van der Waals surface area contributed by atoms with Gasteiger partial charge in [-0.05, 0) is 229 Å². The molecule has 28 rings (SSSR count). The van der Waals surface area contributed by atoms with Crippen molar-refractivity contribution in [3.05, 3.63) is 510 Å². The second-order valence-corrected chi connectivity index (χ2v) is 36.3. The van der Waals surface area contributed by atoms with E-state index < -0.39 is 0 Å². The Morgan fingerprint density at radius 2 is 0.438 bits per heavy atom. The number of pyridine rings is 4. The predicted molar refractivity (Wildman–Crippen MR) is 595 cm³/mol. The molecule has 0 saturated heterocycles. The van der Waals surface area contributed by atoms with E-state index in [0.717, 1.165) is 167 Å². The van der Waals surface area contributed by atoms with E-state index in [2.05, 4.69) is 417 Å². The van der Waals surface area contributed by atoms with E-state index >= 15 is 0 Å². The molecule has 0 aliphatic rings. The summed E-state index contributed by atoms with van der Waals surface area (Å²) in [6, 6.07) is 176. The summed E-state index contributed by atoms with van der Waals surface area (Å²) in [5.74, 6) is 1.83. The fourth-order valence-electron chi connectivity index (χ4n) is 20.5. The average molecular weight is 1840 g/mol. The van der Waals surface area contributed by atoms with Crippen molar-refractivity contribution in [2.24, 2.45) is 0 Å². The highest BCUT2D eigenvalue weighted by molar-refractivity contribution is 6.10. The van der Waals surface area contributed by atoms with Crippen molar-refractivity contribution in [3.8, 4) is 157 Å². The minimum Gasteiger partial charge on any atom is -0.436 e. The van der Waals surface area contributed by atoms with Crippen LogP contribution in [0.5, 0.6) is 0 Å². The Labute approximate surface area is 829 Å². The summed E-state index contributed by atoms with van der Waals surface area (Å²) in [4.78, 5) is 40.1. The number of hydrogen-bond donors (Lipinski definition) is 0. The number of nitrogens with zero attached hydrogens (tertiary/aromatic N) is 8. The second kappa shape index (κ2) is 36.8. The van der Waals surface area contributed by atoms with Crippen LogP contribution in [0.3, 0.4) is 0 Å². The number of aromatic nitrogens is 8. The molecule has 7 heterocycles. The van der Waals surface area contributed by atoms with E-state index in [1.54, 1.807) is 0 Å². The molecule has 0 fully saturated rings. The third-order valence-electron chi connectivity index (χ3n) is 27.5. The van der Waals surface area contributed by atoms with Gasteiger partial charge in [-0.15, -0.1) is 0 Å². The number of benzene rings is 21. The lowest BCUT2D eigenvalue weighted by Gasteiger charge is -2.15. The molecule has 0 radical (unpaired) electrons. The molecular formula is C134H84N8O2. The maximum Gasteiger partial charge on any atom is 0.246 e. The highest BCUT2D eigenvalue weighted by Gasteiger charge is 2.23. The van der Waals surface area contributed by atoms with Crippen LogP contribution in [0.2, 0.25) is 0 Å². The van der Waals surface area contributed by atoms with Gasteiger partial charge in [0.1, 0.15) is 16.7 Å². The van der Waals surface area contributed by atoms with Gasteiger partial charge in [-0.25, -0.2) is 34.9 Å². The lowest BCUT2D eigenvalue weighted by molar-refractivity contribution is 0.617. The van der Waals surface area contributed by atoms with Gasteiger partial charge >= 0.3 is 0 Å². The first-order valence-corrected chi connectivity index (χ1v) is 48.4. The fourth-order valence-corrected chi connectivity index (χ4v) is 20.5. The quantitative estimate of drug-likeness (QED) is 0.104. The van der Waals surface area contributed by atoms with Gasteiger partial charge in [0.2, 0.25) is 11.8 Å². The van der Waals surface area contributed by atoms with Gasteiger partial charge in [-0.2, -0.15) is 0 Å². The summed E-state index contributed by atoms with van der Waals surface area (Å²) in [7, 11) is 0. The van der Waals surface area contributed by atoms with Crippen LogP contribution in [0.25, 0.3) is 277 Å². The first-order chi connectivity index (χ1) is 71.3. The third kappa shape index (κ3) is 16.3. The van der Waals surface area contributed by atoms with Crippen molar-refractivity contribution in [2.75, 3.05) is 0 Å². The molecule has 10 heteroatoms. The maximum absolute atomic E-state index is 6.17. The van der Waals surface area contributed by atoms with Crippen LogP contribution in [0.4, 0.5) is 0 Å². The number of hydrogen-bond acceptors (Lipinski definition) is 10. The number of fused-ring (bicyclic) bond motifs is 11. The summed E-state index contributed by atoms with van der Waals surface area (Å²) in [6.07, 6.45) is 1.91. The van der Waals surface area contributed by atoms with Crippen LogP contribution < -0.4 is 0 Å². The molecule has 144 heavy (non-hydrogen) atoms. The number of rotatable bonds is 14. The molecule has 0 N–H and O–H groups in total. The van der Waals surface area contributed by atoms with E-state index in [1.807, 2.05) is 97.2 Å². The Kier molecular flexibility index (Phi) is 21.7. The maximum atomic E-state index is 6.17. The van der Waals surface area contributed by atoms with E-state index in [9.17, 15) is 0 Å². The largest absolute Gasteiger partial charge is 0.436 e. The van der Waals surface area contributed by atoms with Gasteiger partial charge in [0.15, 0.2) is 17.0 Å². The van der Waals surface area contributed by atoms with Crippen LogP contribution in [0, 0.1) is 0 Å². The average Bonchev–Trinajstić information content (AvgIpc) is 0.767. The Bertz CT molecular complexity index is 9710. The molecule has 0 unspecified atom stereocenters. The molecule has 7 aromatic heterocycles. The van der Waals surface area contributed by atoms with Gasteiger partial charge in [0.25, 0.3) is 0 Å². The van der Waals surface area contributed by atoms with Crippen molar-refractivity contribution in [3.63, 3.8) is 0 Å². The Morgan fingerprint density at radius 1 is 0.139 bits per heavy atom. The van der Waals surface area contributed by atoms with E-state index in [0.29, 0.717) is 23.3 Å². The molecule has 672 valence electrons. The van der Waals surface area contributed by atoms with E-state index in [4.69, 9.17) is 43.7 Å². The van der Waals surface area contributed by atoms with Gasteiger partial charge in [-0.1, -0.05) is 400 Å². The highest BCUT2D eigenvalue weighted by atomic mass is 16.4. The summed E-state index contributed by atoms with van der Waals surface area (Å²) < 4.78 is 12.2. The van der Waals surface area contributed by atoms with Crippen molar-refractivity contribution >= 4 is 120 Å². The van der Waals surface area contributed by atoms with Crippen LogP contribution in [-0.4, -0.2) is 39.9 Å². The van der Waals surface area contributed by atoms with Crippen LogP contribution in [0.15, 0.2) is 519 Å². The molecule has 10 nitrogen and oxygen atoms in total. The van der Waals surface area contributed by atoms with Crippen molar-refractivity contribution < 1.29 is 8.83 Å². The molecule has 0 saturated carbocycles. The van der Waals surface area contributed by atoms with Gasteiger partial charge in [-0.3, -0.25) is 4.98 Å². The monoisotopic (exact) mass is 1840 g/mol. The lowest BCUT2D eigenvalue weighted by atomic mass is 9.92. The van der Waals surface area contributed by atoms with E-state index in [1.165, 1.54) is 86.9 Å². The van der Waals surface area contributed by atoms with Crippen molar-refractivity contribution in [1.82, 2.24) is 39.9 Å². The summed E-state index contributed by atoms with van der Waals surface area (Å²) in [5.41, 5.74) is 32.3. The standard InChI is InChI=1S/C51H33N3.C42H26N2O.C41H25N3O/c1-3-15-37(16-4-1)48-33-49(54-51(53-48)39-17-5-2-6-18-39)38-27-25-36(26-28-38)45-32-50(44-24-12-20-35-14-8-10-22-42(35)44)52-47-30-29-40(31-46(45)47)43-23-11-19-34-13-7-9-21-41(34)43;1-3-16-32-27(10-1)12-8-18-34(32)30-22-23-38-37(25-30)36(26-40(43-38)35-19-9-13-28-11-2-4-17-33(28)35)29-14-7-15-31(24-29)42-44-39-20-5-6-21-41(39)45-42;1-3-13-30-26(9-1)11-7-15-32(30)28-19-21-36-35(23-28)34(24-39(43-36)33-16-8-12-27-10-2-4-14-31(27)33)29-20-22-38(42-25-29)41-44-37-17-5-6-18-40(37)45-41/h1-33H;1-26H;1-25H. The normalized spacial score (nSPS) is 11.5. The SMILES string of the molecule is c1cc(-c2nc3ccccc3o2)cc(-c2cc(-c3cccc4ccccc34)nc3ccc(-c4cccc5ccccc45)cc23)c1.c1ccc(-c2cc(-c3ccc(-c4cc(-c5cccc6ccccc56)nc5ccc(-c6cccc7ccccc67)cc45)cc3)nc(-c3ccccc3)n2)cc1.c1ccc2c(-c3ccc4nc(-c5cccc6ccccc56)cc(-c5ccc(-c6nc7ccccc7o6)nc5)c4c3)cccc2c1. The molecular weight excluding hydrogens is 1750 g/mol. The van der Waals surface area contributed by atoms with Crippen LogP contribution in [-0.2, 0) is 0 Å². The molecule has 0 amide bonds. The fraction of sp³-hybridized carbons (Fsp3) is 0. The molecule has 21 aromatic carbocycles. The zero-order chi connectivity index (χ0) is 95.3. The summed E-state index contributed by atoms with van der Waals surface area (Å²) in [5, 5.41) is 17.8. The molecule has 0 spiro atoms. The van der Waals surface area contributed by atoms with Crippen LogP contribution in [0.1, 0.15) is 0 Å². The zero-order valence-corrected chi connectivity index (χ0v) is 77.9. The molecule has 28 aromatic rings. The first kappa shape index (κ1) is 85.0. The Hall–Kier alpha value is -19.4. The molecule has 0 aliphatic heterocycles. The zero-order valence-electron chi connectivity index (χ0n) is 77.9. The first-order valence-electron chi connectivity index (χ1n) is 48.4. The molecule has 0 bridgehead atoms. The topological polar surface area (TPSA) is 129 Å². The van der Waals surface area contributed by atoms with Crippen LogP contribution >= 0.6 is 0 Å². The minimum absolute atomic E-state index is 0.511. The number of para-hydroxylation sites is 4. The summed E-state index contributed by atoms with van der Waals surface area (Å²) >= 11 is 0. The Morgan fingerprint density at radius 3 is 0.854 bits per heavy atom. The van der Waals surface area contributed by atoms with Crippen molar-refractivity contribution in [2.45, 2.75) is 0 Å². The van der Waals surface area contributed by atoms with Crippen molar-refractivity contribution in [1.29, 1.82) is 0 Å². The lowest BCUT2D eigenvalue weighted by Crippen LogP contribution is -1.96. The van der Waals surface area contributed by atoms with E-state index in [-0.39, 0.29) is 0 Å². The van der Waals surface area contributed by atoms with Gasteiger partial charge in [0.05, 0.1) is 45.0 Å². The van der Waals surface area contributed by atoms with Gasteiger partial charge < -0.3 is 8.83 Å². The van der Waals surface area contributed by atoms with Gasteiger partial charge in [0, 0.05) is 66.9 Å². The smallest absolute Gasteiger partial charge is 0.246 e. The molecule has 0 aliphatic carbocycles. The second-order valence-electron chi connectivity index (χ2n) is 36.3. The third-order valence-corrected chi connectivity index (χ3v) is 27.5. The highest BCUT2D eigenvalue weighted by Crippen LogP contribution is 2.46. The summed E-state index contributed by atoms with van der Waals surface area (Å²) in [6.45, 7) is 0. The molecule has 0 atom stereocenters. The predicted octanol–water partition coefficient (Wildman–Crippen LogP) is 35.4. The number of oxazole rings is 2. The minimum atomic E-state index is 0.511.